The SMILES string of the molecule is N.N.N.N.[Cu].[Ti].[Ti].[Ti].[Ti].[Ti].[Ti]. The van der Waals surface area contributed by atoms with Gasteiger partial charge >= 0.3 is 0 Å². The van der Waals surface area contributed by atoms with Gasteiger partial charge in [-0.1, -0.05) is 0 Å². The Balaban J connectivity index is 0. The van der Waals surface area contributed by atoms with Crippen molar-refractivity contribution in [1.29, 1.82) is 0 Å². The first-order valence-corrected chi connectivity index (χ1v) is 0. The first kappa shape index (κ1) is 156. The Morgan fingerprint density at radius 1 is 0.273 bits per heavy atom. The molecule has 0 aliphatic carbocycles. The fourth-order valence-electron chi connectivity index (χ4n) is 0. The van der Waals surface area contributed by atoms with Crippen molar-refractivity contribution in [3.8, 4) is 0 Å². The van der Waals surface area contributed by atoms with Gasteiger partial charge in [0.25, 0.3) is 0 Å². The van der Waals surface area contributed by atoms with Crippen LogP contribution in [-0.4, -0.2) is 0 Å². The third-order valence-corrected chi connectivity index (χ3v) is 0. The van der Waals surface area contributed by atoms with E-state index in [4.69, 9.17) is 0 Å². The molecular formula is H12CuN4Ti6. The van der Waals surface area contributed by atoms with Crippen LogP contribution in [0.15, 0.2) is 0 Å². The van der Waals surface area contributed by atoms with Gasteiger partial charge in [-0.15, -0.1) is 0 Å². The summed E-state index contributed by atoms with van der Waals surface area (Å²) in [5, 5.41) is 0. The van der Waals surface area contributed by atoms with E-state index in [0.29, 0.717) is 0 Å². The molecule has 11 heteroatoms. The molecule has 0 saturated heterocycles. The van der Waals surface area contributed by atoms with Crippen LogP contribution in [0.25, 0.3) is 0 Å². The molecule has 0 fully saturated rings. The van der Waals surface area contributed by atoms with Crippen LogP contribution < -0.4 is 24.6 Å². The van der Waals surface area contributed by atoms with Crippen molar-refractivity contribution in [2.24, 2.45) is 0 Å². The summed E-state index contributed by atoms with van der Waals surface area (Å²) in [7, 11) is 0. The molecule has 0 aromatic heterocycles. The maximum atomic E-state index is 0. The van der Waals surface area contributed by atoms with Crippen molar-refractivity contribution in [2.75, 3.05) is 0 Å². The van der Waals surface area contributed by atoms with Crippen molar-refractivity contribution in [1.82, 2.24) is 24.6 Å². The quantitative estimate of drug-likeness (QED) is 0.428. The molecule has 12 N–H and O–H groups in total. The summed E-state index contributed by atoms with van der Waals surface area (Å²) in [6.45, 7) is 0. The molecule has 0 unspecified atom stereocenters. The van der Waals surface area contributed by atoms with Gasteiger partial charge in [0.2, 0.25) is 0 Å². The summed E-state index contributed by atoms with van der Waals surface area (Å²) >= 11 is 0. The molecule has 0 aromatic carbocycles. The predicted octanol–water partition coefficient (Wildman–Crippen LogP) is 0.630. The molecule has 11 heavy (non-hydrogen) atoms. The maximum Gasteiger partial charge on any atom is 0 e. The minimum absolute atomic E-state index is 0. The van der Waals surface area contributed by atoms with E-state index in [2.05, 4.69) is 0 Å². The largest absolute Gasteiger partial charge is 0.344 e. The summed E-state index contributed by atoms with van der Waals surface area (Å²) in [6.07, 6.45) is 0. The van der Waals surface area contributed by atoms with E-state index in [9.17, 15) is 0 Å². The van der Waals surface area contributed by atoms with Crippen LogP contribution in [0.5, 0.6) is 0 Å². The summed E-state index contributed by atoms with van der Waals surface area (Å²) in [4.78, 5) is 0. The number of hydrogen-bond donors (Lipinski definition) is 4. The fraction of sp³-hybridized carbons (Fsp3) is 0. The normalized spacial score (nSPS) is 0. The van der Waals surface area contributed by atoms with Crippen molar-refractivity contribution in [3.63, 3.8) is 0 Å². The molecule has 67 valence electrons. The summed E-state index contributed by atoms with van der Waals surface area (Å²) in [6, 6.07) is 0. The van der Waals surface area contributed by atoms with Gasteiger partial charge in [-0.05, 0) is 0 Å². The second kappa shape index (κ2) is 126. The molecule has 0 saturated carbocycles. The Bertz CT molecular complexity index is 14.5. The molecule has 0 aliphatic rings. The monoisotopic (exact) mass is 419 g/mol. The zero-order chi connectivity index (χ0) is 0. The van der Waals surface area contributed by atoms with Gasteiger partial charge in [0.05, 0.1) is 0 Å². The Hall–Kier alpha value is 4.65. The summed E-state index contributed by atoms with van der Waals surface area (Å²) in [5.41, 5.74) is 0. The molecule has 4 nitrogen and oxygen atoms in total. The zero-order valence-corrected chi connectivity index (χ0v) is 16.4. The van der Waals surface area contributed by atoms with Crippen LogP contribution >= 0.6 is 0 Å². The molecule has 0 rings (SSSR count). The Morgan fingerprint density at radius 2 is 0.273 bits per heavy atom. The molecule has 0 amide bonds. The number of hydrogen-bond acceptors (Lipinski definition) is 4. The van der Waals surface area contributed by atoms with Crippen molar-refractivity contribution < 1.29 is 147 Å². The van der Waals surface area contributed by atoms with E-state index in [1.54, 1.807) is 0 Å². The van der Waals surface area contributed by atoms with Crippen LogP contribution in [0, 0.1) is 0 Å². The van der Waals surface area contributed by atoms with Crippen LogP contribution in [0.2, 0.25) is 0 Å². The van der Waals surface area contributed by atoms with Gasteiger partial charge in [0, 0.05) is 147 Å². The van der Waals surface area contributed by atoms with Crippen molar-refractivity contribution in [3.05, 3.63) is 0 Å². The average Bonchev–Trinajstić information content (AvgIpc) is 0. The predicted molar refractivity (Wildman–Crippen MR) is 20.1 cm³/mol. The number of rotatable bonds is 0. The minimum atomic E-state index is 0. The topological polar surface area (TPSA) is 140 Å². The van der Waals surface area contributed by atoms with Gasteiger partial charge in [-0.3, -0.25) is 0 Å². The first-order valence-electron chi connectivity index (χ1n) is 0. The van der Waals surface area contributed by atoms with E-state index in [1.807, 2.05) is 0 Å². The van der Waals surface area contributed by atoms with Crippen LogP contribution in [0.1, 0.15) is 0 Å². The van der Waals surface area contributed by atoms with E-state index in [-0.39, 0.29) is 172 Å². The molecule has 0 bridgehead atoms. The maximum absolute atomic E-state index is 0. The standard InChI is InChI=1S/Cu.4H3N.6Ti/h;4*1H3;;;;;;. The van der Waals surface area contributed by atoms with Gasteiger partial charge in [0.1, 0.15) is 0 Å². The van der Waals surface area contributed by atoms with Gasteiger partial charge in [0.15, 0.2) is 0 Å². The molecule has 0 aromatic rings. The second-order valence-corrected chi connectivity index (χ2v) is 0. The molecule has 1 radical (unpaired) electrons. The van der Waals surface area contributed by atoms with Crippen molar-refractivity contribution in [2.45, 2.75) is 0 Å². The van der Waals surface area contributed by atoms with Crippen LogP contribution in [-0.2, 0) is 147 Å². The molecule has 0 spiro atoms. The van der Waals surface area contributed by atoms with Gasteiger partial charge in [-0.2, -0.15) is 0 Å². The van der Waals surface area contributed by atoms with E-state index < -0.39 is 0 Å². The van der Waals surface area contributed by atoms with Crippen LogP contribution in [0.3, 0.4) is 0 Å². The molecular weight excluding hydrogens is 407 g/mol. The summed E-state index contributed by atoms with van der Waals surface area (Å²) < 4.78 is 0. The third-order valence-electron chi connectivity index (χ3n) is 0. The molecule has 0 aliphatic heterocycles. The Kier molecular flexibility index (Phi) is 1790. The second-order valence-electron chi connectivity index (χ2n) is 0. The van der Waals surface area contributed by atoms with Gasteiger partial charge < -0.3 is 24.6 Å². The molecule has 0 heterocycles. The average molecular weight is 419 g/mol. The van der Waals surface area contributed by atoms with E-state index >= 15 is 0 Å². The Morgan fingerprint density at radius 3 is 0.273 bits per heavy atom. The fourth-order valence-corrected chi connectivity index (χ4v) is 0. The van der Waals surface area contributed by atoms with E-state index in [0.717, 1.165) is 0 Å². The summed E-state index contributed by atoms with van der Waals surface area (Å²) in [5.74, 6) is 0. The third kappa shape index (κ3) is 109. The van der Waals surface area contributed by atoms with Crippen molar-refractivity contribution >= 4 is 0 Å². The molecule has 0 atom stereocenters. The first-order chi connectivity index (χ1) is 0. The smallest absolute Gasteiger partial charge is 0 e. The minimum Gasteiger partial charge on any atom is -0.344 e. The van der Waals surface area contributed by atoms with Gasteiger partial charge in [-0.25, -0.2) is 0 Å². The van der Waals surface area contributed by atoms with Crippen LogP contribution in [0.4, 0.5) is 0 Å². The zero-order valence-electron chi connectivity index (χ0n) is 6.13. The Labute approximate surface area is 169 Å². The van der Waals surface area contributed by atoms with E-state index in [1.165, 1.54) is 0 Å².